The summed E-state index contributed by atoms with van der Waals surface area (Å²) in [6.07, 6.45) is 0. The minimum absolute atomic E-state index is 0.218. The molecule has 1 heterocycles. The maximum Gasteiger partial charge on any atom is 0.326 e. The largest absolute Gasteiger partial charge is 0.480 e. The van der Waals surface area contributed by atoms with E-state index in [9.17, 15) is 19.5 Å². The molecule has 41 heavy (non-hydrogen) atoms. The van der Waals surface area contributed by atoms with Crippen molar-refractivity contribution >= 4 is 40.9 Å². The lowest BCUT2D eigenvalue weighted by Crippen LogP contribution is -2.44. The Morgan fingerprint density at radius 1 is 0.902 bits per heavy atom. The highest BCUT2D eigenvalue weighted by molar-refractivity contribution is 6.31. The van der Waals surface area contributed by atoms with Gasteiger partial charge in [-0.3, -0.25) is 4.79 Å². The second kappa shape index (κ2) is 11.7. The monoisotopic (exact) mass is 569 g/mol. The zero-order chi connectivity index (χ0) is 29.1. The highest BCUT2D eigenvalue weighted by Crippen LogP contribution is 2.33. The van der Waals surface area contributed by atoms with Gasteiger partial charge in [0.25, 0.3) is 5.91 Å². The van der Waals surface area contributed by atoms with Crippen LogP contribution in [0.5, 0.6) is 11.5 Å². The van der Waals surface area contributed by atoms with E-state index in [1.807, 2.05) is 54.6 Å². The molecule has 0 aliphatic carbocycles. The average molecular weight is 570 g/mol. The lowest BCUT2D eigenvalue weighted by atomic mass is 10.00. The van der Waals surface area contributed by atoms with Crippen molar-refractivity contribution in [3.63, 3.8) is 0 Å². The number of nitrogens with one attached hydrogen (secondary N) is 2. The molecule has 0 spiro atoms. The van der Waals surface area contributed by atoms with Crippen LogP contribution in [0.1, 0.15) is 29.8 Å². The quantitative estimate of drug-likeness (QED) is 0.203. The SMILES string of the molecule is CC(C)C(C(=O)O)N1Cc2ccc(-c3ccc(NC(=O)Nc4cc(Cl)ccc4Oc4ccccc4)cc3)cc2C1=O. The number of anilines is 2. The number of rotatable bonds is 8. The van der Waals surface area contributed by atoms with Crippen LogP contribution in [0.2, 0.25) is 5.02 Å². The van der Waals surface area contributed by atoms with Crippen molar-refractivity contribution in [3.8, 4) is 22.6 Å². The molecule has 1 atom stereocenters. The zero-order valence-corrected chi connectivity index (χ0v) is 23.2. The van der Waals surface area contributed by atoms with Gasteiger partial charge in [-0.25, -0.2) is 9.59 Å². The molecule has 9 heteroatoms. The molecule has 0 fully saturated rings. The first-order valence-corrected chi connectivity index (χ1v) is 13.4. The summed E-state index contributed by atoms with van der Waals surface area (Å²) in [6.45, 7) is 3.86. The van der Waals surface area contributed by atoms with Crippen molar-refractivity contribution in [2.75, 3.05) is 10.6 Å². The van der Waals surface area contributed by atoms with Gasteiger partial charge in [-0.05, 0) is 71.1 Å². The van der Waals surface area contributed by atoms with Crippen LogP contribution in [0.15, 0.2) is 91.0 Å². The van der Waals surface area contributed by atoms with E-state index in [2.05, 4.69) is 10.6 Å². The standard InChI is InChI=1S/C32H28ClN3O5/c1-19(2)29(31(38)39)36-18-22-9-8-21(16-26(22)30(36)37)20-10-13-24(14-11-20)34-32(40)35-27-17-23(33)12-15-28(27)41-25-6-4-3-5-7-25/h3-17,19,29H,18H2,1-2H3,(H,38,39)(H2,34,35,40). The maximum absolute atomic E-state index is 13.1. The molecule has 3 amide bonds. The summed E-state index contributed by atoms with van der Waals surface area (Å²) < 4.78 is 5.91. The Morgan fingerprint density at radius 2 is 1.61 bits per heavy atom. The minimum atomic E-state index is -1.01. The van der Waals surface area contributed by atoms with E-state index in [0.717, 1.165) is 16.7 Å². The number of fused-ring (bicyclic) bond motifs is 1. The second-order valence-corrected chi connectivity index (χ2v) is 10.5. The first-order valence-electron chi connectivity index (χ1n) is 13.1. The fourth-order valence-electron chi connectivity index (χ4n) is 4.84. The molecule has 0 radical (unpaired) electrons. The predicted octanol–water partition coefficient (Wildman–Crippen LogP) is 7.51. The summed E-state index contributed by atoms with van der Waals surface area (Å²) >= 11 is 6.16. The van der Waals surface area contributed by atoms with Crippen LogP contribution in [-0.2, 0) is 11.3 Å². The number of halogens is 1. The third-order valence-electron chi connectivity index (χ3n) is 6.80. The van der Waals surface area contributed by atoms with Crippen LogP contribution in [0.4, 0.5) is 16.2 Å². The molecule has 208 valence electrons. The molecular weight excluding hydrogens is 542 g/mol. The van der Waals surface area contributed by atoms with Crippen molar-refractivity contribution in [2.45, 2.75) is 26.4 Å². The number of urea groups is 1. The normalized spacial score (nSPS) is 13.1. The highest BCUT2D eigenvalue weighted by atomic mass is 35.5. The Balaban J connectivity index is 1.27. The van der Waals surface area contributed by atoms with Crippen LogP contribution in [0, 0.1) is 5.92 Å². The number of aliphatic carboxylic acids is 1. The van der Waals surface area contributed by atoms with E-state index < -0.39 is 18.0 Å². The van der Waals surface area contributed by atoms with Crippen molar-refractivity contribution in [2.24, 2.45) is 5.92 Å². The molecule has 5 rings (SSSR count). The number of carboxylic acids is 1. The molecule has 0 saturated heterocycles. The molecule has 0 aromatic heterocycles. The van der Waals surface area contributed by atoms with Crippen molar-refractivity contribution in [1.82, 2.24) is 4.90 Å². The summed E-state index contributed by atoms with van der Waals surface area (Å²) in [5, 5.41) is 15.7. The third-order valence-corrected chi connectivity index (χ3v) is 7.03. The molecule has 0 saturated carbocycles. The lowest BCUT2D eigenvalue weighted by molar-refractivity contribution is -0.144. The summed E-state index contributed by atoms with van der Waals surface area (Å²) in [4.78, 5) is 39.1. The Labute approximate surface area is 242 Å². The molecule has 8 nitrogen and oxygen atoms in total. The first-order chi connectivity index (χ1) is 19.7. The zero-order valence-electron chi connectivity index (χ0n) is 22.4. The first kappa shape index (κ1) is 27.7. The number of ether oxygens (including phenoxy) is 1. The van der Waals surface area contributed by atoms with Gasteiger partial charge in [0.15, 0.2) is 5.75 Å². The van der Waals surface area contributed by atoms with Crippen molar-refractivity contribution in [1.29, 1.82) is 0 Å². The number of nitrogens with zero attached hydrogens (tertiary/aromatic N) is 1. The highest BCUT2D eigenvalue weighted by Gasteiger charge is 2.38. The molecule has 4 aromatic rings. The fraction of sp³-hybridized carbons (Fsp3) is 0.156. The van der Waals surface area contributed by atoms with Gasteiger partial charge >= 0.3 is 12.0 Å². The van der Waals surface area contributed by atoms with E-state index in [1.54, 1.807) is 50.2 Å². The van der Waals surface area contributed by atoms with Crippen LogP contribution in [0.25, 0.3) is 11.1 Å². The minimum Gasteiger partial charge on any atom is -0.480 e. The summed E-state index contributed by atoms with van der Waals surface area (Å²) in [5.74, 6) is -0.446. The van der Waals surface area contributed by atoms with E-state index in [4.69, 9.17) is 16.3 Å². The number of carbonyl (C=O) groups is 3. The third kappa shape index (κ3) is 6.18. The Bertz CT molecular complexity index is 1610. The van der Waals surface area contributed by atoms with Gasteiger partial charge in [0.05, 0.1) is 5.69 Å². The van der Waals surface area contributed by atoms with Crippen molar-refractivity contribution < 1.29 is 24.2 Å². The fourth-order valence-corrected chi connectivity index (χ4v) is 5.01. The molecule has 0 bridgehead atoms. The van der Waals surface area contributed by atoms with Gasteiger partial charge in [0.2, 0.25) is 0 Å². The molecule has 1 aliphatic rings. The lowest BCUT2D eigenvalue weighted by Gasteiger charge is -2.27. The van der Waals surface area contributed by atoms with Crippen molar-refractivity contribution in [3.05, 3.63) is 107 Å². The van der Waals surface area contributed by atoms with Gasteiger partial charge in [-0.2, -0.15) is 0 Å². The van der Waals surface area contributed by atoms with E-state index in [0.29, 0.717) is 33.5 Å². The van der Waals surface area contributed by atoms with Gasteiger partial charge in [-0.1, -0.05) is 67.9 Å². The molecular formula is C32H28ClN3O5. The number of carboxylic acid groups (broad SMARTS) is 1. The summed E-state index contributed by atoms with van der Waals surface area (Å²) in [7, 11) is 0. The Hall–Kier alpha value is -4.82. The topological polar surface area (TPSA) is 108 Å². The van der Waals surface area contributed by atoms with Gasteiger partial charge < -0.3 is 25.4 Å². The van der Waals surface area contributed by atoms with Gasteiger partial charge in [-0.15, -0.1) is 0 Å². The Morgan fingerprint density at radius 3 is 2.29 bits per heavy atom. The smallest absolute Gasteiger partial charge is 0.326 e. The van der Waals surface area contributed by atoms with Crippen LogP contribution >= 0.6 is 11.6 Å². The average Bonchev–Trinajstić information content (AvgIpc) is 3.25. The number of carbonyl (C=O) groups excluding carboxylic acids is 2. The van der Waals surface area contributed by atoms with Gasteiger partial charge in [0.1, 0.15) is 11.8 Å². The summed E-state index contributed by atoms with van der Waals surface area (Å²) in [5.41, 5.74) is 3.94. The molecule has 3 N–H and O–H groups in total. The van der Waals surface area contributed by atoms with E-state index in [1.165, 1.54) is 4.90 Å². The van der Waals surface area contributed by atoms with Crippen LogP contribution < -0.4 is 15.4 Å². The molecule has 1 aliphatic heterocycles. The molecule has 4 aromatic carbocycles. The van der Waals surface area contributed by atoms with E-state index in [-0.39, 0.29) is 18.4 Å². The van der Waals surface area contributed by atoms with E-state index >= 15 is 0 Å². The number of amides is 3. The van der Waals surface area contributed by atoms with Crippen LogP contribution in [-0.4, -0.2) is 34.0 Å². The molecule has 1 unspecified atom stereocenters. The van der Waals surface area contributed by atoms with Crippen LogP contribution in [0.3, 0.4) is 0 Å². The number of para-hydroxylation sites is 1. The predicted molar refractivity (Wildman–Crippen MR) is 159 cm³/mol. The Kier molecular flexibility index (Phi) is 7.94. The van der Waals surface area contributed by atoms with Gasteiger partial charge in [0, 0.05) is 22.8 Å². The number of hydrogen-bond donors (Lipinski definition) is 3. The number of benzene rings is 4. The summed E-state index contributed by atoms with van der Waals surface area (Å²) in [6, 6.07) is 25.6. The second-order valence-electron chi connectivity index (χ2n) is 10.0. The maximum atomic E-state index is 13.1. The number of hydrogen-bond acceptors (Lipinski definition) is 4.